The molecule has 0 bridgehead atoms. The fraction of sp³-hybridized carbons (Fsp3) is 0.643. The lowest BCUT2D eigenvalue weighted by Crippen LogP contribution is -2.51. The molecular formula is C14H20N4O2S2. The molecule has 1 atom stereocenters. The van der Waals surface area contributed by atoms with Crippen LogP contribution in [0.4, 0.5) is 9.93 Å². The maximum absolute atomic E-state index is 12.4. The van der Waals surface area contributed by atoms with E-state index in [2.05, 4.69) is 15.6 Å². The molecular weight excluding hydrogens is 320 g/mol. The van der Waals surface area contributed by atoms with Crippen LogP contribution in [0.3, 0.4) is 0 Å². The molecule has 0 aromatic carbocycles. The summed E-state index contributed by atoms with van der Waals surface area (Å²) in [6.45, 7) is 0. The molecule has 0 unspecified atom stereocenters. The van der Waals surface area contributed by atoms with E-state index in [1.54, 1.807) is 22.9 Å². The van der Waals surface area contributed by atoms with E-state index in [4.69, 9.17) is 0 Å². The summed E-state index contributed by atoms with van der Waals surface area (Å²) >= 11 is 2.99. The number of carbonyl (C=O) groups is 2. The van der Waals surface area contributed by atoms with Crippen molar-refractivity contribution >= 4 is 40.2 Å². The van der Waals surface area contributed by atoms with E-state index in [9.17, 15) is 9.59 Å². The molecule has 22 heavy (non-hydrogen) atoms. The number of amides is 3. The third-order valence-corrected chi connectivity index (χ3v) is 5.74. The number of rotatable bonds is 3. The Morgan fingerprint density at radius 3 is 2.82 bits per heavy atom. The molecule has 1 aliphatic carbocycles. The van der Waals surface area contributed by atoms with E-state index in [-0.39, 0.29) is 18.0 Å². The average molecular weight is 340 g/mol. The van der Waals surface area contributed by atoms with Crippen LogP contribution in [0, 0.1) is 0 Å². The zero-order valence-corrected chi connectivity index (χ0v) is 13.9. The lowest BCUT2D eigenvalue weighted by atomic mass is 9.96. The van der Waals surface area contributed by atoms with Crippen LogP contribution in [0.2, 0.25) is 0 Å². The maximum Gasteiger partial charge on any atom is 0.319 e. The van der Waals surface area contributed by atoms with E-state index < -0.39 is 6.04 Å². The number of hydrogen-bond acceptors (Lipinski definition) is 5. The summed E-state index contributed by atoms with van der Waals surface area (Å²) in [7, 11) is 0. The SMILES string of the molecule is O=C(Nc1nccs1)[C@@H]1CSCN1C(=O)NC1CCCCC1. The van der Waals surface area contributed by atoms with Gasteiger partial charge in [-0.3, -0.25) is 4.79 Å². The number of nitrogens with zero attached hydrogens (tertiary/aromatic N) is 2. The molecule has 2 heterocycles. The van der Waals surface area contributed by atoms with Gasteiger partial charge in [0.25, 0.3) is 0 Å². The minimum Gasteiger partial charge on any atom is -0.335 e. The number of urea groups is 1. The molecule has 1 aromatic heterocycles. The summed E-state index contributed by atoms with van der Waals surface area (Å²) in [5.74, 6) is 1.04. The zero-order valence-electron chi connectivity index (χ0n) is 12.3. The Bertz CT molecular complexity index is 517. The van der Waals surface area contributed by atoms with Gasteiger partial charge in [-0.15, -0.1) is 23.1 Å². The first-order chi connectivity index (χ1) is 10.7. The lowest BCUT2D eigenvalue weighted by Gasteiger charge is -2.28. The lowest BCUT2D eigenvalue weighted by molar-refractivity contribution is -0.119. The monoisotopic (exact) mass is 340 g/mol. The van der Waals surface area contributed by atoms with Crippen LogP contribution in [-0.2, 0) is 4.79 Å². The van der Waals surface area contributed by atoms with Gasteiger partial charge in [0.05, 0.1) is 5.88 Å². The molecule has 2 aliphatic rings. The molecule has 1 aromatic rings. The highest BCUT2D eigenvalue weighted by Gasteiger charge is 2.35. The molecule has 6 nitrogen and oxygen atoms in total. The molecule has 8 heteroatoms. The van der Waals surface area contributed by atoms with Gasteiger partial charge in [0.1, 0.15) is 6.04 Å². The highest BCUT2D eigenvalue weighted by Crippen LogP contribution is 2.24. The molecule has 1 aliphatic heterocycles. The van der Waals surface area contributed by atoms with Gasteiger partial charge in [-0.25, -0.2) is 9.78 Å². The summed E-state index contributed by atoms with van der Waals surface area (Å²) in [6.07, 6.45) is 7.34. The zero-order chi connectivity index (χ0) is 15.4. The Labute approximate surface area is 138 Å². The molecule has 120 valence electrons. The number of anilines is 1. The van der Waals surface area contributed by atoms with E-state index in [1.807, 2.05) is 5.38 Å². The van der Waals surface area contributed by atoms with Crippen molar-refractivity contribution in [2.45, 2.75) is 44.2 Å². The van der Waals surface area contributed by atoms with Crippen molar-refractivity contribution < 1.29 is 9.59 Å². The van der Waals surface area contributed by atoms with Crippen molar-refractivity contribution in [2.75, 3.05) is 16.9 Å². The smallest absolute Gasteiger partial charge is 0.319 e. The third kappa shape index (κ3) is 3.73. The van der Waals surface area contributed by atoms with Crippen molar-refractivity contribution in [3.8, 4) is 0 Å². The van der Waals surface area contributed by atoms with Gasteiger partial charge < -0.3 is 15.5 Å². The fourth-order valence-corrected chi connectivity index (χ4v) is 4.52. The van der Waals surface area contributed by atoms with E-state index in [1.165, 1.54) is 30.6 Å². The number of aromatic nitrogens is 1. The van der Waals surface area contributed by atoms with Crippen molar-refractivity contribution in [3.05, 3.63) is 11.6 Å². The predicted molar refractivity (Wildman–Crippen MR) is 89.1 cm³/mol. The Morgan fingerprint density at radius 1 is 1.27 bits per heavy atom. The minimum absolute atomic E-state index is 0.115. The molecule has 3 amide bonds. The Balaban J connectivity index is 1.57. The largest absolute Gasteiger partial charge is 0.335 e. The second kappa shape index (κ2) is 7.32. The fourth-order valence-electron chi connectivity index (χ4n) is 2.84. The first-order valence-corrected chi connectivity index (χ1v) is 9.63. The van der Waals surface area contributed by atoms with Crippen LogP contribution in [0.25, 0.3) is 0 Å². The standard InChI is InChI=1S/C14H20N4O2S2/c19-12(17-13-15-6-7-22-13)11-8-21-9-18(11)14(20)16-10-4-2-1-3-5-10/h6-7,10-11H,1-5,8-9H2,(H,16,20)(H,15,17,19)/t11-/m0/s1. The van der Waals surface area contributed by atoms with Gasteiger partial charge in [-0.1, -0.05) is 19.3 Å². The van der Waals surface area contributed by atoms with Gasteiger partial charge in [0.2, 0.25) is 5.91 Å². The van der Waals surface area contributed by atoms with Gasteiger partial charge in [0.15, 0.2) is 5.13 Å². The predicted octanol–water partition coefficient (Wildman–Crippen LogP) is 2.50. The Kier molecular flexibility index (Phi) is 5.20. The number of thioether (sulfide) groups is 1. The molecule has 1 saturated carbocycles. The normalized spacial score (nSPS) is 22.5. The molecule has 2 fully saturated rings. The summed E-state index contributed by atoms with van der Waals surface area (Å²) in [4.78, 5) is 30.5. The van der Waals surface area contributed by atoms with Crippen LogP contribution in [0.1, 0.15) is 32.1 Å². The summed E-state index contributed by atoms with van der Waals surface area (Å²) < 4.78 is 0. The highest BCUT2D eigenvalue weighted by molar-refractivity contribution is 7.99. The Hall–Kier alpha value is -1.28. The van der Waals surface area contributed by atoms with Gasteiger partial charge in [0, 0.05) is 23.4 Å². The van der Waals surface area contributed by atoms with Gasteiger partial charge in [-0.05, 0) is 12.8 Å². The molecule has 2 N–H and O–H groups in total. The molecule has 0 radical (unpaired) electrons. The molecule has 3 rings (SSSR count). The number of carbonyl (C=O) groups excluding carboxylic acids is 2. The Morgan fingerprint density at radius 2 is 2.09 bits per heavy atom. The number of thiazole rings is 1. The van der Waals surface area contributed by atoms with Gasteiger partial charge in [-0.2, -0.15) is 0 Å². The first kappa shape index (κ1) is 15.6. The quantitative estimate of drug-likeness (QED) is 0.886. The van der Waals surface area contributed by atoms with Crippen molar-refractivity contribution in [1.29, 1.82) is 0 Å². The summed E-state index contributed by atoms with van der Waals surface area (Å²) in [6, 6.07) is -0.275. The van der Waals surface area contributed by atoms with Crippen LogP contribution in [-0.4, -0.2) is 45.5 Å². The number of hydrogen-bond donors (Lipinski definition) is 2. The maximum atomic E-state index is 12.4. The highest BCUT2D eigenvalue weighted by atomic mass is 32.2. The second-order valence-electron chi connectivity index (χ2n) is 5.60. The van der Waals surface area contributed by atoms with E-state index in [0.29, 0.717) is 16.8 Å². The van der Waals surface area contributed by atoms with Crippen molar-refractivity contribution in [3.63, 3.8) is 0 Å². The number of nitrogens with one attached hydrogen (secondary N) is 2. The molecule has 1 saturated heterocycles. The topological polar surface area (TPSA) is 74.3 Å². The minimum atomic E-state index is -0.419. The summed E-state index contributed by atoms with van der Waals surface area (Å²) in [5, 5.41) is 8.26. The van der Waals surface area contributed by atoms with Crippen LogP contribution in [0.15, 0.2) is 11.6 Å². The van der Waals surface area contributed by atoms with Crippen LogP contribution in [0.5, 0.6) is 0 Å². The molecule has 0 spiro atoms. The second-order valence-corrected chi connectivity index (χ2v) is 7.49. The third-order valence-electron chi connectivity index (χ3n) is 4.04. The van der Waals surface area contributed by atoms with Gasteiger partial charge >= 0.3 is 6.03 Å². The van der Waals surface area contributed by atoms with E-state index in [0.717, 1.165) is 12.8 Å². The van der Waals surface area contributed by atoms with Crippen LogP contribution >= 0.6 is 23.1 Å². The van der Waals surface area contributed by atoms with Crippen molar-refractivity contribution in [1.82, 2.24) is 15.2 Å². The summed E-state index contributed by atoms with van der Waals surface area (Å²) in [5.41, 5.74) is 0. The van der Waals surface area contributed by atoms with E-state index >= 15 is 0 Å². The average Bonchev–Trinajstić information content (AvgIpc) is 3.19. The van der Waals surface area contributed by atoms with Crippen LogP contribution < -0.4 is 10.6 Å². The first-order valence-electron chi connectivity index (χ1n) is 7.59. The van der Waals surface area contributed by atoms with Crippen molar-refractivity contribution in [2.24, 2.45) is 0 Å².